The number of aryl methyl sites for hydroxylation is 1. The van der Waals surface area contributed by atoms with Crippen molar-refractivity contribution in [2.45, 2.75) is 32.5 Å². The Labute approximate surface area is 97.0 Å². The Kier molecular flexibility index (Phi) is 4.68. The summed E-state index contributed by atoms with van der Waals surface area (Å²) in [6.45, 7) is 1.92. The number of aromatic nitrogens is 2. The molecule has 0 radical (unpaired) electrons. The molecule has 17 heavy (non-hydrogen) atoms. The average molecular weight is 249 g/mol. The summed E-state index contributed by atoms with van der Waals surface area (Å²) in [5.41, 5.74) is 6.68. The predicted octanol–water partition coefficient (Wildman–Crippen LogP) is 1.97. The van der Waals surface area contributed by atoms with Crippen LogP contribution in [-0.2, 0) is 6.54 Å². The highest BCUT2D eigenvalue weighted by atomic mass is 19.4. The fourth-order valence-corrected chi connectivity index (χ4v) is 1.21. The van der Waals surface area contributed by atoms with E-state index in [-0.39, 0.29) is 25.6 Å². The number of nitrogens with two attached hydrogens (primary N) is 1. The summed E-state index contributed by atoms with van der Waals surface area (Å²) in [6, 6.07) is 1.77. The van der Waals surface area contributed by atoms with Crippen LogP contribution >= 0.6 is 0 Å². The third-order valence-corrected chi connectivity index (χ3v) is 1.93. The fourth-order valence-electron chi connectivity index (χ4n) is 1.21. The zero-order valence-electron chi connectivity index (χ0n) is 9.42. The topological polar surface area (TPSA) is 61.0 Å². The largest absolute Gasteiger partial charge is 0.463 e. The van der Waals surface area contributed by atoms with Gasteiger partial charge in [0.15, 0.2) is 0 Å². The van der Waals surface area contributed by atoms with Crippen molar-refractivity contribution in [3.63, 3.8) is 0 Å². The van der Waals surface area contributed by atoms with Crippen LogP contribution in [0.15, 0.2) is 6.07 Å². The van der Waals surface area contributed by atoms with Crippen LogP contribution in [0.4, 0.5) is 13.2 Å². The molecule has 0 atom stereocenters. The van der Waals surface area contributed by atoms with Crippen LogP contribution in [0.3, 0.4) is 0 Å². The third kappa shape index (κ3) is 5.48. The smallest absolute Gasteiger partial charge is 0.389 e. The average Bonchev–Trinajstić information content (AvgIpc) is 2.22. The minimum atomic E-state index is -4.15. The van der Waals surface area contributed by atoms with Crippen molar-refractivity contribution in [3.05, 3.63) is 17.5 Å². The Bertz CT molecular complexity index is 368. The number of nitrogens with zero attached hydrogens (tertiary/aromatic N) is 2. The van der Waals surface area contributed by atoms with Gasteiger partial charge in [0.25, 0.3) is 0 Å². The molecule has 0 spiro atoms. The van der Waals surface area contributed by atoms with Gasteiger partial charge in [-0.1, -0.05) is 0 Å². The van der Waals surface area contributed by atoms with Crippen LogP contribution in [0, 0.1) is 6.92 Å². The number of hydrogen-bond donors (Lipinski definition) is 1. The highest BCUT2D eigenvalue weighted by molar-refractivity contribution is 5.12. The van der Waals surface area contributed by atoms with Crippen molar-refractivity contribution >= 4 is 0 Å². The molecule has 96 valence electrons. The van der Waals surface area contributed by atoms with E-state index in [1.165, 1.54) is 0 Å². The van der Waals surface area contributed by atoms with Gasteiger partial charge in [0.2, 0.25) is 0 Å². The van der Waals surface area contributed by atoms with Gasteiger partial charge in [-0.3, -0.25) is 0 Å². The van der Waals surface area contributed by atoms with E-state index in [0.717, 1.165) is 0 Å². The zero-order valence-corrected chi connectivity index (χ0v) is 9.42. The van der Waals surface area contributed by atoms with Gasteiger partial charge in [-0.05, 0) is 19.4 Å². The molecule has 0 aliphatic heterocycles. The molecule has 0 saturated heterocycles. The molecule has 0 amide bonds. The molecule has 1 aromatic heterocycles. The van der Waals surface area contributed by atoms with Gasteiger partial charge in [-0.15, -0.1) is 0 Å². The summed E-state index contributed by atoms with van der Waals surface area (Å²) in [7, 11) is 0. The van der Waals surface area contributed by atoms with E-state index in [2.05, 4.69) is 9.97 Å². The normalized spacial score (nSPS) is 11.6. The Morgan fingerprint density at radius 3 is 2.65 bits per heavy atom. The molecular formula is C10H14F3N3O. The van der Waals surface area contributed by atoms with Crippen molar-refractivity contribution < 1.29 is 17.9 Å². The Balaban J connectivity index is 2.44. The second-order valence-corrected chi connectivity index (χ2v) is 3.55. The molecule has 0 unspecified atom stereocenters. The summed E-state index contributed by atoms with van der Waals surface area (Å²) in [6.07, 6.45) is -5.14. The highest BCUT2D eigenvalue weighted by Gasteiger charge is 2.26. The van der Waals surface area contributed by atoms with E-state index in [0.29, 0.717) is 11.4 Å². The number of ether oxygens (including phenoxy) is 1. The number of hydrogen-bond acceptors (Lipinski definition) is 4. The van der Waals surface area contributed by atoms with E-state index in [1.54, 1.807) is 13.0 Å². The lowest BCUT2D eigenvalue weighted by Crippen LogP contribution is -2.11. The second-order valence-electron chi connectivity index (χ2n) is 3.55. The van der Waals surface area contributed by atoms with Crippen molar-refractivity contribution in [3.8, 4) is 6.01 Å². The lowest BCUT2D eigenvalue weighted by molar-refractivity contribution is -0.136. The van der Waals surface area contributed by atoms with Crippen LogP contribution in [-0.4, -0.2) is 22.8 Å². The molecule has 7 heteroatoms. The van der Waals surface area contributed by atoms with Gasteiger partial charge >= 0.3 is 12.2 Å². The second kappa shape index (κ2) is 5.81. The fraction of sp³-hybridized carbons (Fsp3) is 0.600. The van der Waals surface area contributed by atoms with E-state index in [1.807, 2.05) is 0 Å². The lowest BCUT2D eigenvalue weighted by Gasteiger charge is -2.08. The molecule has 0 aliphatic carbocycles. The monoisotopic (exact) mass is 249 g/mol. The first-order chi connectivity index (χ1) is 7.90. The lowest BCUT2D eigenvalue weighted by atomic mass is 10.3. The number of rotatable bonds is 5. The molecule has 1 heterocycles. The van der Waals surface area contributed by atoms with Gasteiger partial charge in [-0.2, -0.15) is 18.2 Å². The summed E-state index contributed by atoms with van der Waals surface area (Å²) in [4.78, 5) is 7.89. The first-order valence-electron chi connectivity index (χ1n) is 5.15. The molecule has 0 fully saturated rings. The van der Waals surface area contributed by atoms with Crippen molar-refractivity contribution in [1.82, 2.24) is 9.97 Å². The first-order valence-corrected chi connectivity index (χ1v) is 5.15. The molecule has 4 nitrogen and oxygen atoms in total. The van der Waals surface area contributed by atoms with Gasteiger partial charge < -0.3 is 10.5 Å². The first kappa shape index (κ1) is 13.7. The maximum atomic E-state index is 11.9. The standard InChI is InChI=1S/C10H14F3N3O/c1-7-5-8(6-14)16-9(15-7)17-4-2-3-10(11,12)13/h5H,2-4,6,14H2,1H3. The summed E-state index contributed by atoms with van der Waals surface area (Å²) >= 11 is 0. The molecule has 2 N–H and O–H groups in total. The van der Waals surface area contributed by atoms with Crippen LogP contribution in [0.2, 0.25) is 0 Å². The maximum absolute atomic E-state index is 11.9. The Hall–Kier alpha value is -1.37. The minimum Gasteiger partial charge on any atom is -0.463 e. The van der Waals surface area contributed by atoms with Gasteiger partial charge in [-0.25, -0.2) is 4.98 Å². The van der Waals surface area contributed by atoms with Gasteiger partial charge in [0, 0.05) is 18.7 Å². The number of alkyl halides is 3. The number of halogens is 3. The molecule has 0 bridgehead atoms. The summed E-state index contributed by atoms with van der Waals surface area (Å²) in [5, 5.41) is 0. The minimum absolute atomic E-state index is 0.0625. The SMILES string of the molecule is Cc1cc(CN)nc(OCCCC(F)(F)F)n1. The van der Waals surface area contributed by atoms with Crippen molar-refractivity contribution in [2.24, 2.45) is 5.73 Å². The van der Waals surface area contributed by atoms with Gasteiger partial charge in [0.05, 0.1) is 12.3 Å². The predicted molar refractivity (Wildman–Crippen MR) is 55.4 cm³/mol. The van der Waals surface area contributed by atoms with Crippen LogP contribution in [0.1, 0.15) is 24.2 Å². The maximum Gasteiger partial charge on any atom is 0.389 e. The zero-order chi connectivity index (χ0) is 12.9. The highest BCUT2D eigenvalue weighted by Crippen LogP contribution is 2.21. The van der Waals surface area contributed by atoms with Crippen molar-refractivity contribution in [1.29, 1.82) is 0 Å². The molecule has 1 rings (SSSR count). The quantitative estimate of drug-likeness (QED) is 0.810. The third-order valence-electron chi connectivity index (χ3n) is 1.93. The van der Waals surface area contributed by atoms with E-state index in [4.69, 9.17) is 10.5 Å². The van der Waals surface area contributed by atoms with Gasteiger partial charge in [0.1, 0.15) is 0 Å². The summed E-state index contributed by atoms with van der Waals surface area (Å²) in [5.74, 6) is 0. The van der Waals surface area contributed by atoms with E-state index >= 15 is 0 Å². The summed E-state index contributed by atoms with van der Waals surface area (Å²) < 4.78 is 40.6. The molecule has 1 aromatic rings. The van der Waals surface area contributed by atoms with Crippen LogP contribution < -0.4 is 10.5 Å². The molecule has 0 aliphatic rings. The Morgan fingerprint density at radius 1 is 1.35 bits per heavy atom. The van der Waals surface area contributed by atoms with Crippen molar-refractivity contribution in [2.75, 3.05) is 6.61 Å². The molecule has 0 aromatic carbocycles. The van der Waals surface area contributed by atoms with E-state index < -0.39 is 12.6 Å². The van der Waals surface area contributed by atoms with Crippen LogP contribution in [0.25, 0.3) is 0 Å². The van der Waals surface area contributed by atoms with Crippen LogP contribution in [0.5, 0.6) is 6.01 Å². The molecular weight excluding hydrogens is 235 g/mol. The van der Waals surface area contributed by atoms with E-state index in [9.17, 15) is 13.2 Å². The molecule has 0 saturated carbocycles. The Morgan fingerprint density at radius 2 is 2.06 bits per heavy atom.